The summed E-state index contributed by atoms with van der Waals surface area (Å²) in [6.45, 7) is 8.29. The van der Waals surface area contributed by atoms with E-state index < -0.39 is 11.7 Å². The minimum absolute atomic E-state index is 0.0844. The van der Waals surface area contributed by atoms with Crippen LogP contribution in [0.3, 0.4) is 0 Å². The third kappa shape index (κ3) is 7.67. The second-order valence-corrected chi connectivity index (χ2v) is 6.29. The van der Waals surface area contributed by atoms with Crippen molar-refractivity contribution in [2.45, 2.75) is 45.6 Å². The summed E-state index contributed by atoms with van der Waals surface area (Å²) in [7, 11) is 0. The second kappa shape index (κ2) is 8.41. The van der Waals surface area contributed by atoms with Crippen LogP contribution in [0.4, 0.5) is 4.79 Å². The Morgan fingerprint density at radius 2 is 1.77 bits per heavy atom. The van der Waals surface area contributed by atoms with Crippen LogP contribution in [0.2, 0.25) is 0 Å². The molecule has 22 heavy (non-hydrogen) atoms. The molecule has 1 aromatic rings. The molecule has 1 aromatic carbocycles. The van der Waals surface area contributed by atoms with Gasteiger partial charge in [0.2, 0.25) is 5.91 Å². The van der Waals surface area contributed by atoms with Crippen molar-refractivity contribution in [1.29, 1.82) is 0 Å². The maximum atomic E-state index is 11.7. The number of benzene rings is 1. The lowest BCUT2D eigenvalue weighted by Gasteiger charge is -2.19. The fourth-order valence-corrected chi connectivity index (χ4v) is 1.85. The first-order valence-electron chi connectivity index (χ1n) is 7.56. The SMILES string of the molecule is CC(CNC(=O)CCNC(=O)OC(C)(C)C)c1ccccc1. The van der Waals surface area contributed by atoms with E-state index in [1.54, 1.807) is 20.8 Å². The number of nitrogens with one attached hydrogen (secondary N) is 2. The Kier molecular flexibility index (Phi) is 6.89. The lowest BCUT2D eigenvalue weighted by Crippen LogP contribution is -2.35. The number of amides is 2. The highest BCUT2D eigenvalue weighted by Gasteiger charge is 2.16. The van der Waals surface area contributed by atoms with Gasteiger partial charge in [-0.3, -0.25) is 4.79 Å². The second-order valence-electron chi connectivity index (χ2n) is 6.29. The van der Waals surface area contributed by atoms with Crippen molar-refractivity contribution in [2.24, 2.45) is 0 Å². The smallest absolute Gasteiger partial charge is 0.407 e. The van der Waals surface area contributed by atoms with E-state index in [9.17, 15) is 9.59 Å². The van der Waals surface area contributed by atoms with Crippen LogP contribution in [-0.2, 0) is 9.53 Å². The molecule has 1 rings (SSSR count). The molecule has 5 heteroatoms. The predicted molar refractivity (Wildman–Crippen MR) is 86.7 cm³/mol. The Morgan fingerprint density at radius 1 is 1.14 bits per heavy atom. The molecule has 0 fully saturated rings. The summed E-state index contributed by atoms with van der Waals surface area (Å²) in [4.78, 5) is 23.2. The zero-order chi connectivity index (χ0) is 16.6. The maximum absolute atomic E-state index is 11.7. The first kappa shape index (κ1) is 18.0. The van der Waals surface area contributed by atoms with Gasteiger partial charge in [-0.2, -0.15) is 0 Å². The Morgan fingerprint density at radius 3 is 2.36 bits per heavy atom. The van der Waals surface area contributed by atoms with E-state index >= 15 is 0 Å². The van der Waals surface area contributed by atoms with Gasteiger partial charge in [-0.25, -0.2) is 4.79 Å². The normalized spacial score (nSPS) is 12.4. The van der Waals surface area contributed by atoms with E-state index in [0.29, 0.717) is 6.54 Å². The van der Waals surface area contributed by atoms with Crippen LogP contribution in [0.5, 0.6) is 0 Å². The molecule has 5 nitrogen and oxygen atoms in total. The summed E-state index contributed by atoms with van der Waals surface area (Å²) >= 11 is 0. The molecule has 0 radical (unpaired) electrons. The Bertz CT molecular complexity index is 480. The van der Waals surface area contributed by atoms with E-state index in [-0.39, 0.29) is 24.8 Å². The minimum atomic E-state index is -0.530. The monoisotopic (exact) mass is 306 g/mol. The average molecular weight is 306 g/mol. The fraction of sp³-hybridized carbons (Fsp3) is 0.529. The molecule has 0 aromatic heterocycles. The fourth-order valence-electron chi connectivity index (χ4n) is 1.85. The highest BCUT2D eigenvalue weighted by Crippen LogP contribution is 2.12. The van der Waals surface area contributed by atoms with Gasteiger partial charge in [-0.15, -0.1) is 0 Å². The first-order valence-corrected chi connectivity index (χ1v) is 7.56. The van der Waals surface area contributed by atoms with Crippen LogP contribution in [-0.4, -0.2) is 30.7 Å². The molecule has 1 unspecified atom stereocenters. The van der Waals surface area contributed by atoms with E-state index in [0.717, 1.165) is 0 Å². The quantitative estimate of drug-likeness (QED) is 0.849. The van der Waals surface area contributed by atoms with E-state index in [1.165, 1.54) is 5.56 Å². The highest BCUT2D eigenvalue weighted by molar-refractivity contribution is 5.77. The number of ether oxygens (including phenoxy) is 1. The summed E-state index contributed by atoms with van der Waals surface area (Å²) in [6.07, 6.45) is -0.265. The number of hydrogen-bond acceptors (Lipinski definition) is 3. The zero-order valence-electron chi connectivity index (χ0n) is 13.8. The average Bonchev–Trinajstić information content (AvgIpc) is 2.43. The molecule has 0 bridgehead atoms. The van der Waals surface area contributed by atoms with Gasteiger partial charge in [0.15, 0.2) is 0 Å². The van der Waals surface area contributed by atoms with E-state index in [2.05, 4.69) is 17.6 Å². The standard InChI is InChI=1S/C17H26N2O3/c1-13(14-8-6-5-7-9-14)12-19-15(20)10-11-18-16(21)22-17(2,3)4/h5-9,13H,10-12H2,1-4H3,(H,18,21)(H,19,20). The molecular formula is C17H26N2O3. The molecule has 2 N–H and O–H groups in total. The Labute approximate surface area is 132 Å². The maximum Gasteiger partial charge on any atom is 0.407 e. The summed E-state index contributed by atoms with van der Waals surface area (Å²) in [5, 5.41) is 5.44. The number of hydrogen-bond donors (Lipinski definition) is 2. The molecule has 122 valence electrons. The topological polar surface area (TPSA) is 67.4 Å². The molecule has 0 aliphatic carbocycles. The number of carbonyl (C=O) groups excluding carboxylic acids is 2. The largest absolute Gasteiger partial charge is 0.444 e. The van der Waals surface area contributed by atoms with Crippen LogP contribution in [0, 0.1) is 0 Å². The molecule has 0 aliphatic heterocycles. The van der Waals surface area contributed by atoms with E-state index in [1.807, 2.05) is 30.3 Å². The number of alkyl carbamates (subject to hydrolysis) is 1. The summed E-state index contributed by atoms with van der Waals surface area (Å²) in [6, 6.07) is 10.0. The van der Waals surface area contributed by atoms with Crippen LogP contribution in [0.15, 0.2) is 30.3 Å². The molecule has 0 spiro atoms. The molecule has 0 saturated heterocycles. The van der Waals surface area contributed by atoms with Crippen molar-refractivity contribution in [3.63, 3.8) is 0 Å². The molecule has 0 aliphatic rings. The number of carbonyl (C=O) groups is 2. The molecule has 1 atom stereocenters. The van der Waals surface area contributed by atoms with Gasteiger partial charge in [0.1, 0.15) is 5.60 Å². The zero-order valence-corrected chi connectivity index (χ0v) is 13.8. The van der Waals surface area contributed by atoms with Gasteiger partial charge in [0.25, 0.3) is 0 Å². The van der Waals surface area contributed by atoms with Crippen molar-refractivity contribution >= 4 is 12.0 Å². The lowest BCUT2D eigenvalue weighted by atomic mass is 10.0. The molecule has 2 amide bonds. The predicted octanol–water partition coefficient (Wildman–Crippen LogP) is 2.82. The van der Waals surface area contributed by atoms with Crippen molar-refractivity contribution in [3.05, 3.63) is 35.9 Å². The van der Waals surface area contributed by atoms with Crippen LogP contribution < -0.4 is 10.6 Å². The van der Waals surface area contributed by atoms with Crippen molar-refractivity contribution in [1.82, 2.24) is 10.6 Å². The van der Waals surface area contributed by atoms with Gasteiger partial charge in [-0.05, 0) is 32.3 Å². The van der Waals surface area contributed by atoms with Crippen molar-refractivity contribution in [2.75, 3.05) is 13.1 Å². The van der Waals surface area contributed by atoms with Gasteiger partial charge in [0.05, 0.1) is 0 Å². The Balaban J connectivity index is 2.20. The van der Waals surface area contributed by atoms with Gasteiger partial charge in [0, 0.05) is 19.5 Å². The van der Waals surface area contributed by atoms with Crippen LogP contribution in [0.1, 0.15) is 45.6 Å². The third-order valence-corrected chi connectivity index (χ3v) is 2.99. The third-order valence-electron chi connectivity index (χ3n) is 2.99. The van der Waals surface area contributed by atoms with Crippen molar-refractivity contribution in [3.8, 4) is 0 Å². The lowest BCUT2D eigenvalue weighted by molar-refractivity contribution is -0.121. The molecule has 0 saturated carbocycles. The minimum Gasteiger partial charge on any atom is -0.444 e. The van der Waals surface area contributed by atoms with Crippen LogP contribution >= 0.6 is 0 Å². The number of rotatable bonds is 6. The summed E-state index contributed by atoms with van der Waals surface area (Å²) in [5.41, 5.74) is 0.659. The van der Waals surface area contributed by atoms with Gasteiger partial charge < -0.3 is 15.4 Å². The Hall–Kier alpha value is -2.04. The van der Waals surface area contributed by atoms with Crippen LogP contribution in [0.25, 0.3) is 0 Å². The van der Waals surface area contributed by atoms with Gasteiger partial charge >= 0.3 is 6.09 Å². The summed E-state index contributed by atoms with van der Waals surface area (Å²) < 4.78 is 5.09. The van der Waals surface area contributed by atoms with Crippen molar-refractivity contribution < 1.29 is 14.3 Å². The molecular weight excluding hydrogens is 280 g/mol. The highest BCUT2D eigenvalue weighted by atomic mass is 16.6. The first-order chi connectivity index (χ1) is 10.3. The van der Waals surface area contributed by atoms with E-state index in [4.69, 9.17) is 4.74 Å². The summed E-state index contributed by atoms with van der Waals surface area (Å²) in [5.74, 6) is 0.169. The van der Waals surface area contributed by atoms with Gasteiger partial charge in [-0.1, -0.05) is 37.3 Å². The molecule has 0 heterocycles.